The van der Waals surface area contributed by atoms with Crippen molar-refractivity contribution >= 4 is 39.1 Å². The average molecular weight is 472 g/mol. The molecule has 1 heterocycles. The largest absolute Gasteiger partial charge is 0.488 e. The summed E-state index contributed by atoms with van der Waals surface area (Å²) in [6, 6.07) is 12.2. The maximum atomic E-state index is 6.26. The summed E-state index contributed by atoms with van der Waals surface area (Å²) in [5.41, 5.74) is 1.93. The Morgan fingerprint density at radius 2 is 2.00 bits per heavy atom. The van der Waals surface area contributed by atoms with Gasteiger partial charge >= 0.3 is 0 Å². The molecule has 6 heteroatoms. The van der Waals surface area contributed by atoms with Gasteiger partial charge in [-0.25, -0.2) is 0 Å². The van der Waals surface area contributed by atoms with Crippen LogP contribution >= 0.6 is 39.1 Å². The molecule has 1 unspecified atom stereocenters. The standard InChI is InChI=1S/C21H25BrCl2N2O/c1-2-26-10-4-5-17(26)13-25-12-15-11-16(22)8-9-21(15)27-14-18-19(23)6-3-7-20(18)24/h3,6-9,11,17,25H,2,4-5,10,12-14H2,1H3. The van der Waals surface area contributed by atoms with Crippen LogP contribution in [0.4, 0.5) is 0 Å². The first-order valence-electron chi connectivity index (χ1n) is 9.37. The number of halogens is 3. The van der Waals surface area contributed by atoms with E-state index in [9.17, 15) is 0 Å². The second-order valence-electron chi connectivity index (χ2n) is 6.80. The summed E-state index contributed by atoms with van der Waals surface area (Å²) in [6.07, 6.45) is 2.57. The lowest BCUT2D eigenvalue weighted by atomic mass is 10.1. The SMILES string of the molecule is CCN1CCCC1CNCc1cc(Br)ccc1OCc1c(Cl)cccc1Cl. The second-order valence-corrected chi connectivity index (χ2v) is 8.53. The molecule has 27 heavy (non-hydrogen) atoms. The van der Waals surface area contributed by atoms with E-state index < -0.39 is 0 Å². The van der Waals surface area contributed by atoms with Gasteiger partial charge in [-0.2, -0.15) is 0 Å². The molecule has 1 aliphatic heterocycles. The molecular weight excluding hydrogens is 447 g/mol. The summed E-state index contributed by atoms with van der Waals surface area (Å²) < 4.78 is 7.10. The van der Waals surface area contributed by atoms with Crippen molar-refractivity contribution < 1.29 is 4.74 Å². The highest BCUT2D eigenvalue weighted by Gasteiger charge is 2.22. The number of nitrogens with one attached hydrogen (secondary N) is 1. The zero-order valence-electron chi connectivity index (χ0n) is 15.5. The third-order valence-corrected chi connectivity index (χ3v) is 6.26. The topological polar surface area (TPSA) is 24.5 Å². The third-order valence-electron chi connectivity index (χ3n) is 5.06. The van der Waals surface area contributed by atoms with Crippen molar-refractivity contribution in [3.05, 3.63) is 62.0 Å². The van der Waals surface area contributed by atoms with E-state index in [1.165, 1.54) is 19.4 Å². The van der Waals surface area contributed by atoms with Gasteiger partial charge in [-0.3, -0.25) is 4.90 Å². The van der Waals surface area contributed by atoms with Gasteiger partial charge < -0.3 is 10.1 Å². The molecule has 0 saturated carbocycles. The minimum absolute atomic E-state index is 0.347. The number of rotatable bonds is 8. The molecule has 2 aromatic carbocycles. The fourth-order valence-electron chi connectivity index (χ4n) is 3.56. The van der Waals surface area contributed by atoms with Crippen LogP contribution in [0, 0.1) is 0 Å². The zero-order valence-corrected chi connectivity index (χ0v) is 18.6. The lowest BCUT2D eigenvalue weighted by Crippen LogP contribution is -2.37. The molecule has 3 nitrogen and oxygen atoms in total. The quantitative estimate of drug-likeness (QED) is 0.517. The molecule has 1 atom stereocenters. The van der Waals surface area contributed by atoms with Gasteiger partial charge in [0.05, 0.1) is 0 Å². The van der Waals surface area contributed by atoms with Gasteiger partial charge in [-0.05, 0) is 56.3 Å². The highest BCUT2D eigenvalue weighted by Crippen LogP contribution is 2.28. The predicted molar refractivity (Wildman–Crippen MR) is 117 cm³/mol. The van der Waals surface area contributed by atoms with Crippen molar-refractivity contribution in [1.29, 1.82) is 0 Å². The Morgan fingerprint density at radius 3 is 2.74 bits per heavy atom. The lowest BCUT2D eigenvalue weighted by Gasteiger charge is -2.23. The first-order valence-corrected chi connectivity index (χ1v) is 10.9. The van der Waals surface area contributed by atoms with Gasteiger partial charge in [0, 0.05) is 44.8 Å². The van der Waals surface area contributed by atoms with Crippen LogP contribution in [0.1, 0.15) is 30.9 Å². The normalized spacial score (nSPS) is 17.4. The van der Waals surface area contributed by atoms with E-state index in [4.69, 9.17) is 27.9 Å². The zero-order chi connectivity index (χ0) is 19.2. The van der Waals surface area contributed by atoms with Crippen LogP contribution in [0.15, 0.2) is 40.9 Å². The molecule has 0 amide bonds. The van der Waals surface area contributed by atoms with Crippen LogP contribution in [0.2, 0.25) is 10.0 Å². The Morgan fingerprint density at radius 1 is 1.22 bits per heavy atom. The molecular formula is C21H25BrCl2N2O. The summed E-state index contributed by atoms with van der Waals surface area (Å²) in [6.45, 7) is 6.68. The summed E-state index contributed by atoms with van der Waals surface area (Å²) in [4.78, 5) is 2.55. The maximum absolute atomic E-state index is 6.26. The van der Waals surface area contributed by atoms with Gasteiger partial charge in [-0.15, -0.1) is 0 Å². The molecule has 146 valence electrons. The molecule has 1 fully saturated rings. The molecule has 0 radical (unpaired) electrons. The van der Waals surface area contributed by atoms with Crippen LogP contribution < -0.4 is 10.1 Å². The van der Waals surface area contributed by atoms with E-state index in [2.05, 4.69) is 39.1 Å². The lowest BCUT2D eigenvalue weighted by molar-refractivity contribution is 0.259. The Balaban J connectivity index is 1.62. The van der Waals surface area contributed by atoms with Gasteiger partial charge in [0.25, 0.3) is 0 Å². The molecule has 3 rings (SSSR count). The first kappa shape index (κ1) is 20.9. The fourth-order valence-corrected chi connectivity index (χ4v) is 4.48. The molecule has 0 spiro atoms. The van der Waals surface area contributed by atoms with E-state index in [1.807, 2.05) is 30.3 Å². The molecule has 1 N–H and O–H groups in total. The molecule has 0 bridgehead atoms. The monoisotopic (exact) mass is 470 g/mol. The number of hydrogen-bond donors (Lipinski definition) is 1. The van der Waals surface area contributed by atoms with Gasteiger partial charge in [0.1, 0.15) is 12.4 Å². The number of likely N-dealkylation sites (N-methyl/N-ethyl adjacent to an activating group) is 1. The number of hydrogen-bond acceptors (Lipinski definition) is 3. The smallest absolute Gasteiger partial charge is 0.124 e. The van der Waals surface area contributed by atoms with Crippen LogP contribution in [-0.4, -0.2) is 30.6 Å². The molecule has 1 aliphatic rings. The summed E-state index contributed by atoms with van der Waals surface area (Å²) in [5, 5.41) is 4.85. The van der Waals surface area contributed by atoms with E-state index in [-0.39, 0.29) is 0 Å². The van der Waals surface area contributed by atoms with Crippen molar-refractivity contribution in [2.75, 3.05) is 19.6 Å². The van der Waals surface area contributed by atoms with Gasteiger partial charge in [0.15, 0.2) is 0 Å². The molecule has 0 aromatic heterocycles. The number of nitrogens with zero attached hydrogens (tertiary/aromatic N) is 1. The van der Waals surface area contributed by atoms with Crippen LogP contribution in [0.25, 0.3) is 0 Å². The average Bonchev–Trinajstić information content (AvgIpc) is 3.10. The van der Waals surface area contributed by atoms with Crippen molar-refractivity contribution in [3.63, 3.8) is 0 Å². The van der Waals surface area contributed by atoms with E-state index >= 15 is 0 Å². The van der Waals surface area contributed by atoms with E-state index in [1.54, 1.807) is 0 Å². The van der Waals surface area contributed by atoms with Gasteiger partial charge in [0.2, 0.25) is 0 Å². The maximum Gasteiger partial charge on any atom is 0.124 e. The second kappa shape index (κ2) is 10.1. The summed E-state index contributed by atoms with van der Waals surface area (Å²) in [7, 11) is 0. The van der Waals surface area contributed by atoms with Crippen LogP contribution in [-0.2, 0) is 13.2 Å². The van der Waals surface area contributed by atoms with Crippen molar-refractivity contribution in [1.82, 2.24) is 10.2 Å². The number of ether oxygens (including phenoxy) is 1. The highest BCUT2D eigenvalue weighted by molar-refractivity contribution is 9.10. The van der Waals surface area contributed by atoms with Crippen LogP contribution in [0.3, 0.4) is 0 Å². The summed E-state index contributed by atoms with van der Waals surface area (Å²) in [5.74, 6) is 0.848. The fraction of sp³-hybridized carbons (Fsp3) is 0.429. The Bertz CT molecular complexity index is 752. The van der Waals surface area contributed by atoms with Crippen molar-refractivity contribution in [3.8, 4) is 5.75 Å². The third kappa shape index (κ3) is 5.61. The Labute approximate surface area is 180 Å². The number of benzene rings is 2. The first-order chi connectivity index (χ1) is 13.1. The Kier molecular flexibility index (Phi) is 7.86. The molecule has 1 saturated heterocycles. The van der Waals surface area contributed by atoms with E-state index in [0.29, 0.717) is 22.7 Å². The van der Waals surface area contributed by atoms with Gasteiger partial charge in [-0.1, -0.05) is 52.1 Å². The minimum atomic E-state index is 0.347. The minimum Gasteiger partial charge on any atom is -0.488 e. The summed E-state index contributed by atoms with van der Waals surface area (Å²) >= 11 is 16.1. The Hall–Kier alpha value is -0.780. The van der Waals surface area contributed by atoms with Crippen molar-refractivity contribution in [2.24, 2.45) is 0 Å². The molecule has 0 aliphatic carbocycles. The van der Waals surface area contributed by atoms with Crippen molar-refractivity contribution in [2.45, 2.75) is 39.0 Å². The van der Waals surface area contributed by atoms with E-state index in [0.717, 1.165) is 41.0 Å². The van der Waals surface area contributed by atoms with Crippen LogP contribution in [0.5, 0.6) is 5.75 Å². The predicted octanol–water partition coefficient (Wildman–Crippen LogP) is 5.91. The highest BCUT2D eigenvalue weighted by atomic mass is 79.9. The molecule has 2 aromatic rings. The number of likely N-dealkylation sites (tertiary alicyclic amines) is 1.